The molecule has 0 aromatic heterocycles. The van der Waals surface area contributed by atoms with Gasteiger partial charge in [0.2, 0.25) is 0 Å². The van der Waals surface area contributed by atoms with Crippen LogP contribution in [0.15, 0.2) is 42.5 Å². The van der Waals surface area contributed by atoms with Crippen LogP contribution in [0.4, 0.5) is 8.78 Å². The predicted octanol–water partition coefficient (Wildman–Crippen LogP) is 3.13. The number of hydrogen-bond acceptors (Lipinski definition) is 1. The lowest BCUT2D eigenvalue weighted by molar-refractivity contribution is 0.610. The van der Waals surface area contributed by atoms with Gasteiger partial charge in [0.15, 0.2) is 0 Å². The van der Waals surface area contributed by atoms with Crippen LogP contribution in [0.3, 0.4) is 0 Å². The largest absolute Gasteiger partial charge is 0.330 e. The smallest absolute Gasteiger partial charge is 0.126 e. The molecule has 0 bridgehead atoms. The minimum Gasteiger partial charge on any atom is -0.330 e. The van der Waals surface area contributed by atoms with Crippen molar-refractivity contribution in [3.63, 3.8) is 0 Å². The number of hydrogen-bond donors (Lipinski definition) is 1. The summed E-state index contributed by atoms with van der Waals surface area (Å²) in [6.07, 6.45) is 0.481. The van der Waals surface area contributed by atoms with Crippen molar-refractivity contribution in [3.05, 3.63) is 59.7 Å². The molecule has 2 rings (SSSR count). The topological polar surface area (TPSA) is 26.0 Å². The predicted molar refractivity (Wildman–Crippen MR) is 64.6 cm³/mol. The Hall–Kier alpha value is -1.74. The second-order valence-electron chi connectivity index (χ2n) is 3.86. The monoisotopic (exact) mass is 233 g/mol. The Bertz CT molecular complexity index is 523. The molecule has 0 radical (unpaired) electrons. The van der Waals surface area contributed by atoms with Crippen LogP contribution < -0.4 is 5.73 Å². The van der Waals surface area contributed by atoms with Crippen LogP contribution in [-0.2, 0) is 6.42 Å². The average molecular weight is 233 g/mol. The molecular weight excluding hydrogens is 220 g/mol. The van der Waals surface area contributed by atoms with Gasteiger partial charge < -0.3 is 5.73 Å². The van der Waals surface area contributed by atoms with Gasteiger partial charge in [-0.05, 0) is 53.9 Å². The Kier molecular flexibility index (Phi) is 3.49. The Morgan fingerprint density at radius 2 is 1.71 bits per heavy atom. The molecule has 0 aliphatic heterocycles. The van der Waals surface area contributed by atoms with Gasteiger partial charge in [0, 0.05) is 0 Å². The Labute approximate surface area is 98.9 Å². The molecule has 2 N–H and O–H groups in total. The van der Waals surface area contributed by atoms with E-state index >= 15 is 0 Å². The summed E-state index contributed by atoms with van der Waals surface area (Å²) in [7, 11) is 0. The summed E-state index contributed by atoms with van der Waals surface area (Å²) in [5, 5.41) is 0. The molecule has 0 atom stereocenters. The zero-order valence-corrected chi connectivity index (χ0v) is 9.29. The maximum atomic E-state index is 13.4. The van der Waals surface area contributed by atoms with Crippen LogP contribution in [0.5, 0.6) is 0 Å². The summed E-state index contributed by atoms with van der Waals surface area (Å²) >= 11 is 0. The molecule has 0 saturated carbocycles. The maximum absolute atomic E-state index is 13.4. The van der Waals surface area contributed by atoms with Crippen molar-refractivity contribution < 1.29 is 8.78 Å². The van der Waals surface area contributed by atoms with Gasteiger partial charge in [0.25, 0.3) is 0 Å². The summed E-state index contributed by atoms with van der Waals surface area (Å²) in [5.74, 6) is -0.567. The van der Waals surface area contributed by atoms with E-state index in [0.29, 0.717) is 18.5 Å². The van der Waals surface area contributed by atoms with Crippen molar-refractivity contribution in [2.75, 3.05) is 6.54 Å². The van der Waals surface area contributed by atoms with E-state index in [1.807, 2.05) is 0 Å². The molecule has 17 heavy (non-hydrogen) atoms. The first-order valence-corrected chi connectivity index (χ1v) is 5.45. The maximum Gasteiger partial charge on any atom is 0.126 e. The summed E-state index contributed by atoms with van der Waals surface area (Å²) in [4.78, 5) is 0. The highest BCUT2D eigenvalue weighted by molar-refractivity contribution is 5.64. The van der Waals surface area contributed by atoms with Gasteiger partial charge in [-0.25, -0.2) is 8.78 Å². The van der Waals surface area contributed by atoms with Gasteiger partial charge in [-0.3, -0.25) is 0 Å². The molecule has 0 unspecified atom stereocenters. The third-order valence-electron chi connectivity index (χ3n) is 2.62. The Morgan fingerprint density at radius 3 is 2.41 bits per heavy atom. The first-order valence-electron chi connectivity index (χ1n) is 5.45. The zero-order chi connectivity index (χ0) is 12.3. The van der Waals surface area contributed by atoms with Crippen molar-refractivity contribution >= 4 is 0 Å². The minimum atomic E-state index is -0.299. The quantitative estimate of drug-likeness (QED) is 0.866. The van der Waals surface area contributed by atoms with Crippen LogP contribution >= 0.6 is 0 Å². The molecule has 0 heterocycles. The lowest BCUT2D eigenvalue weighted by Crippen LogP contribution is -2.04. The van der Waals surface area contributed by atoms with Crippen molar-refractivity contribution in [2.24, 2.45) is 5.73 Å². The van der Waals surface area contributed by atoms with Crippen LogP contribution in [0.25, 0.3) is 11.1 Å². The van der Waals surface area contributed by atoms with E-state index in [2.05, 4.69) is 0 Å². The molecular formula is C14H13F2N. The third kappa shape index (κ3) is 2.68. The number of nitrogens with two attached hydrogens (primary N) is 1. The molecule has 0 aliphatic rings. The van der Waals surface area contributed by atoms with E-state index in [9.17, 15) is 8.78 Å². The van der Waals surface area contributed by atoms with E-state index < -0.39 is 0 Å². The molecule has 0 aliphatic carbocycles. The number of rotatable bonds is 3. The first kappa shape index (κ1) is 11.7. The van der Waals surface area contributed by atoms with E-state index in [1.165, 1.54) is 18.2 Å². The van der Waals surface area contributed by atoms with Gasteiger partial charge >= 0.3 is 0 Å². The van der Waals surface area contributed by atoms with Crippen LogP contribution in [0.1, 0.15) is 5.56 Å². The Morgan fingerprint density at radius 1 is 0.941 bits per heavy atom. The average Bonchev–Trinajstić information content (AvgIpc) is 2.32. The highest BCUT2D eigenvalue weighted by Gasteiger charge is 2.05. The summed E-state index contributed by atoms with van der Waals surface area (Å²) < 4.78 is 26.5. The first-order chi connectivity index (χ1) is 8.20. The van der Waals surface area contributed by atoms with Crippen LogP contribution in [0, 0.1) is 11.6 Å². The highest BCUT2D eigenvalue weighted by atomic mass is 19.1. The fourth-order valence-electron chi connectivity index (χ4n) is 1.77. The fourth-order valence-corrected chi connectivity index (χ4v) is 1.77. The molecule has 3 heteroatoms. The standard InChI is InChI=1S/C14H13F2N/c15-13-3-1-2-10(9-13)11-4-5-14(16)12(8-11)6-7-17/h1-5,8-9H,6-7,17H2. The van der Waals surface area contributed by atoms with E-state index in [0.717, 1.165) is 11.1 Å². The highest BCUT2D eigenvalue weighted by Crippen LogP contribution is 2.22. The number of benzene rings is 2. The van der Waals surface area contributed by atoms with Crippen molar-refractivity contribution in [2.45, 2.75) is 6.42 Å². The minimum absolute atomic E-state index is 0.268. The molecule has 2 aromatic rings. The van der Waals surface area contributed by atoms with Crippen molar-refractivity contribution in [3.8, 4) is 11.1 Å². The third-order valence-corrected chi connectivity index (χ3v) is 2.62. The molecule has 0 fully saturated rings. The van der Waals surface area contributed by atoms with Gasteiger partial charge in [-0.2, -0.15) is 0 Å². The van der Waals surface area contributed by atoms with E-state index in [4.69, 9.17) is 5.73 Å². The summed E-state index contributed by atoms with van der Waals surface area (Å²) in [6, 6.07) is 11.0. The van der Waals surface area contributed by atoms with Gasteiger partial charge in [-0.1, -0.05) is 18.2 Å². The van der Waals surface area contributed by atoms with Gasteiger partial charge in [-0.15, -0.1) is 0 Å². The molecule has 88 valence electrons. The lowest BCUT2D eigenvalue weighted by Gasteiger charge is -2.06. The van der Waals surface area contributed by atoms with Crippen LogP contribution in [-0.4, -0.2) is 6.54 Å². The van der Waals surface area contributed by atoms with Crippen molar-refractivity contribution in [1.82, 2.24) is 0 Å². The van der Waals surface area contributed by atoms with Crippen molar-refractivity contribution in [1.29, 1.82) is 0 Å². The fraction of sp³-hybridized carbons (Fsp3) is 0.143. The second-order valence-corrected chi connectivity index (χ2v) is 3.86. The van der Waals surface area contributed by atoms with E-state index in [-0.39, 0.29) is 11.6 Å². The zero-order valence-electron chi connectivity index (χ0n) is 9.29. The Balaban J connectivity index is 2.42. The van der Waals surface area contributed by atoms with E-state index in [1.54, 1.807) is 24.3 Å². The molecule has 0 amide bonds. The molecule has 1 nitrogen and oxygen atoms in total. The van der Waals surface area contributed by atoms with Gasteiger partial charge in [0.1, 0.15) is 11.6 Å². The van der Waals surface area contributed by atoms with Crippen LogP contribution in [0.2, 0.25) is 0 Å². The second kappa shape index (κ2) is 5.06. The number of halogens is 2. The van der Waals surface area contributed by atoms with Gasteiger partial charge in [0.05, 0.1) is 0 Å². The summed E-state index contributed by atoms with van der Waals surface area (Å²) in [5.41, 5.74) is 7.52. The normalized spacial score (nSPS) is 10.5. The molecule has 2 aromatic carbocycles. The molecule has 0 spiro atoms. The summed E-state index contributed by atoms with van der Waals surface area (Å²) in [6.45, 7) is 0.392. The lowest BCUT2D eigenvalue weighted by atomic mass is 10.0. The molecule has 0 saturated heterocycles. The SMILES string of the molecule is NCCc1cc(-c2cccc(F)c2)ccc1F.